The van der Waals surface area contributed by atoms with E-state index in [1.165, 1.54) is 4.57 Å². The fourth-order valence-electron chi connectivity index (χ4n) is 4.77. The van der Waals surface area contributed by atoms with E-state index >= 15 is 0 Å². The summed E-state index contributed by atoms with van der Waals surface area (Å²) in [6.45, 7) is 9.38. The fraction of sp³-hybridized carbons (Fsp3) is 0.556. The molecule has 1 N–H and O–H groups in total. The standard InChI is InChI=1S/C27H35F2N7O4/c1-27(2,3)40-26(37)33-35-10-8-18(9-11-35)17-39-22-16-21(31-25(32-22)34-12-14-38-15-13-34)36-20-7-5-4-6-19(20)30-24(36)23(28)29/h4-7,16,18,23H,8-15,17H2,1-3H3,(H,33,37). The Bertz CT molecular complexity index is 1320. The minimum absolute atomic E-state index is 0.229. The van der Waals surface area contributed by atoms with Gasteiger partial charge in [0.15, 0.2) is 5.82 Å². The van der Waals surface area contributed by atoms with Crippen LogP contribution in [0.4, 0.5) is 19.5 Å². The lowest BCUT2D eigenvalue weighted by Gasteiger charge is -2.32. The van der Waals surface area contributed by atoms with Crippen molar-refractivity contribution in [1.82, 2.24) is 30.0 Å². The molecular weight excluding hydrogens is 524 g/mol. The Morgan fingerprint density at radius 1 is 1.10 bits per heavy atom. The Kier molecular flexibility index (Phi) is 8.31. The monoisotopic (exact) mass is 559 g/mol. The summed E-state index contributed by atoms with van der Waals surface area (Å²) in [5, 5.41) is 1.85. The zero-order valence-corrected chi connectivity index (χ0v) is 23.0. The predicted molar refractivity (Wildman–Crippen MR) is 144 cm³/mol. The Hall–Kier alpha value is -3.58. The van der Waals surface area contributed by atoms with E-state index in [0.717, 1.165) is 12.8 Å². The first-order chi connectivity index (χ1) is 19.2. The number of ether oxygens (including phenoxy) is 3. The number of benzene rings is 1. The second-order valence-electron chi connectivity index (χ2n) is 10.9. The van der Waals surface area contributed by atoms with Gasteiger partial charge in [-0.15, -0.1) is 0 Å². The molecule has 0 unspecified atom stereocenters. The number of anilines is 1. The lowest BCUT2D eigenvalue weighted by Crippen LogP contribution is -2.48. The molecule has 0 aliphatic carbocycles. The van der Waals surface area contributed by atoms with Gasteiger partial charge in [0.05, 0.1) is 30.9 Å². The van der Waals surface area contributed by atoms with Gasteiger partial charge in [-0.3, -0.25) is 9.99 Å². The zero-order chi connectivity index (χ0) is 28.3. The van der Waals surface area contributed by atoms with Gasteiger partial charge in [0.1, 0.15) is 11.4 Å². The SMILES string of the molecule is CC(C)(C)OC(=O)NN1CCC(COc2cc(-n3c(C(F)F)nc4ccccc43)nc(N3CCOCC3)n2)CC1. The van der Waals surface area contributed by atoms with Gasteiger partial charge >= 0.3 is 6.09 Å². The number of halogens is 2. The minimum Gasteiger partial charge on any atom is -0.477 e. The topological polar surface area (TPSA) is 107 Å². The quantitative estimate of drug-likeness (QED) is 0.458. The lowest BCUT2D eigenvalue weighted by atomic mass is 9.99. The number of para-hydroxylation sites is 2. The number of hydrogen-bond donors (Lipinski definition) is 1. The summed E-state index contributed by atoms with van der Waals surface area (Å²) in [6.07, 6.45) is -1.67. The summed E-state index contributed by atoms with van der Waals surface area (Å²) in [7, 11) is 0. The number of fused-ring (bicyclic) bond motifs is 1. The number of imidazole rings is 1. The summed E-state index contributed by atoms with van der Waals surface area (Å²) in [5.74, 6) is 0.812. The van der Waals surface area contributed by atoms with Crippen LogP contribution in [0.1, 0.15) is 45.9 Å². The molecule has 2 aliphatic heterocycles. The van der Waals surface area contributed by atoms with Gasteiger partial charge in [-0.05, 0) is 51.7 Å². The number of hydrogen-bond acceptors (Lipinski definition) is 9. The summed E-state index contributed by atoms with van der Waals surface area (Å²) < 4.78 is 46.5. The smallest absolute Gasteiger partial charge is 0.422 e. The summed E-state index contributed by atoms with van der Waals surface area (Å²) in [4.78, 5) is 27.5. The lowest BCUT2D eigenvalue weighted by molar-refractivity contribution is 0.0243. The highest BCUT2D eigenvalue weighted by atomic mass is 19.3. The van der Waals surface area contributed by atoms with Crippen molar-refractivity contribution >= 4 is 23.1 Å². The molecule has 2 aliphatic rings. The number of carbonyl (C=O) groups excluding carboxylic acids is 1. The first-order valence-electron chi connectivity index (χ1n) is 13.5. The van der Waals surface area contributed by atoms with Crippen molar-refractivity contribution in [2.75, 3.05) is 50.9 Å². The van der Waals surface area contributed by atoms with Crippen molar-refractivity contribution in [3.8, 4) is 11.7 Å². The zero-order valence-electron chi connectivity index (χ0n) is 23.0. The van der Waals surface area contributed by atoms with E-state index in [1.807, 2.05) is 30.7 Å². The summed E-state index contributed by atoms with van der Waals surface area (Å²) >= 11 is 0. The third-order valence-corrected chi connectivity index (χ3v) is 6.71. The van der Waals surface area contributed by atoms with Crippen LogP contribution in [0.15, 0.2) is 30.3 Å². The third-order valence-electron chi connectivity index (χ3n) is 6.71. The van der Waals surface area contributed by atoms with Gasteiger partial charge in [-0.1, -0.05) is 12.1 Å². The molecule has 4 heterocycles. The molecule has 1 aromatic carbocycles. The highest BCUT2D eigenvalue weighted by Gasteiger charge is 2.26. The number of hydrazine groups is 1. The van der Waals surface area contributed by atoms with Gasteiger partial charge in [0, 0.05) is 32.2 Å². The van der Waals surface area contributed by atoms with Crippen LogP contribution < -0.4 is 15.1 Å². The maximum Gasteiger partial charge on any atom is 0.422 e. The van der Waals surface area contributed by atoms with Gasteiger partial charge < -0.3 is 19.1 Å². The van der Waals surface area contributed by atoms with E-state index in [4.69, 9.17) is 14.2 Å². The van der Waals surface area contributed by atoms with Crippen molar-refractivity contribution in [2.45, 2.75) is 45.6 Å². The number of nitrogens with zero attached hydrogens (tertiary/aromatic N) is 6. The molecular formula is C27H35F2N7O4. The van der Waals surface area contributed by atoms with Gasteiger partial charge in [-0.25, -0.2) is 23.6 Å². The predicted octanol–water partition coefficient (Wildman–Crippen LogP) is 4.12. The minimum atomic E-state index is -2.79. The third kappa shape index (κ3) is 6.76. The van der Waals surface area contributed by atoms with E-state index < -0.39 is 18.1 Å². The Morgan fingerprint density at radius 3 is 2.52 bits per heavy atom. The largest absolute Gasteiger partial charge is 0.477 e. The highest BCUT2D eigenvalue weighted by Crippen LogP contribution is 2.30. The molecule has 40 heavy (non-hydrogen) atoms. The van der Waals surface area contributed by atoms with E-state index in [0.29, 0.717) is 68.9 Å². The van der Waals surface area contributed by atoms with Crippen molar-refractivity contribution in [2.24, 2.45) is 5.92 Å². The van der Waals surface area contributed by atoms with Crippen LogP contribution in [0.25, 0.3) is 16.9 Å². The molecule has 0 bridgehead atoms. The molecule has 2 fully saturated rings. The average molecular weight is 560 g/mol. The van der Waals surface area contributed by atoms with Gasteiger partial charge in [0.25, 0.3) is 6.43 Å². The number of aromatic nitrogens is 4. The van der Waals surface area contributed by atoms with Crippen LogP contribution in [0, 0.1) is 5.92 Å². The Balaban J connectivity index is 1.33. The van der Waals surface area contributed by atoms with Crippen molar-refractivity contribution in [3.63, 3.8) is 0 Å². The molecule has 1 amide bonds. The Labute approximate surface area is 231 Å². The number of piperidine rings is 1. The molecule has 0 saturated carbocycles. The molecule has 2 aromatic heterocycles. The second kappa shape index (κ2) is 11.9. The number of alkyl halides is 2. The second-order valence-corrected chi connectivity index (χ2v) is 10.9. The van der Waals surface area contributed by atoms with E-state index in [2.05, 4.69) is 20.4 Å². The van der Waals surface area contributed by atoms with Crippen LogP contribution in [-0.4, -0.2) is 82.2 Å². The fourth-order valence-corrected chi connectivity index (χ4v) is 4.77. The average Bonchev–Trinajstić information content (AvgIpc) is 3.32. The van der Waals surface area contributed by atoms with Gasteiger partial charge in [-0.2, -0.15) is 9.97 Å². The van der Waals surface area contributed by atoms with Crippen LogP contribution in [0.2, 0.25) is 0 Å². The van der Waals surface area contributed by atoms with Crippen LogP contribution in [0.5, 0.6) is 5.88 Å². The van der Waals surface area contributed by atoms with E-state index in [1.54, 1.807) is 30.3 Å². The summed E-state index contributed by atoms with van der Waals surface area (Å²) in [5.41, 5.74) is 3.21. The van der Waals surface area contributed by atoms with Crippen molar-refractivity contribution in [3.05, 3.63) is 36.2 Å². The van der Waals surface area contributed by atoms with Crippen molar-refractivity contribution in [1.29, 1.82) is 0 Å². The molecule has 0 radical (unpaired) electrons. The molecule has 0 atom stereocenters. The normalized spacial score (nSPS) is 17.4. The van der Waals surface area contributed by atoms with E-state index in [-0.39, 0.29) is 17.6 Å². The number of morpholine rings is 1. The maximum atomic E-state index is 14.1. The highest BCUT2D eigenvalue weighted by molar-refractivity contribution is 5.78. The molecule has 2 saturated heterocycles. The first-order valence-corrected chi connectivity index (χ1v) is 13.5. The van der Waals surface area contributed by atoms with E-state index in [9.17, 15) is 13.6 Å². The number of rotatable bonds is 7. The molecule has 3 aromatic rings. The number of amides is 1. The molecule has 216 valence electrons. The number of carbonyl (C=O) groups is 1. The van der Waals surface area contributed by atoms with Crippen molar-refractivity contribution < 1.29 is 27.8 Å². The summed E-state index contributed by atoms with van der Waals surface area (Å²) in [6, 6.07) is 8.56. The molecule has 11 nitrogen and oxygen atoms in total. The van der Waals surface area contributed by atoms with Crippen LogP contribution in [-0.2, 0) is 9.47 Å². The van der Waals surface area contributed by atoms with Crippen LogP contribution >= 0.6 is 0 Å². The first kappa shape index (κ1) is 28.0. The molecule has 0 spiro atoms. The molecule has 5 rings (SSSR count). The van der Waals surface area contributed by atoms with Crippen LogP contribution in [0.3, 0.4) is 0 Å². The Morgan fingerprint density at radius 2 is 1.82 bits per heavy atom. The molecule has 13 heteroatoms. The number of nitrogens with one attached hydrogen (secondary N) is 1. The van der Waals surface area contributed by atoms with Gasteiger partial charge in [0.2, 0.25) is 11.8 Å². The maximum absolute atomic E-state index is 14.1.